The molecule has 116 valence electrons. The van der Waals surface area contributed by atoms with E-state index in [1.165, 1.54) is 0 Å². The van der Waals surface area contributed by atoms with Gasteiger partial charge in [0.15, 0.2) is 0 Å². The van der Waals surface area contributed by atoms with E-state index < -0.39 is 0 Å². The first-order valence-corrected chi connectivity index (χ1v) is 8.08. The Bertz CT molecular complexity index is 663. The molecule has 0 atom stereocenters. The van der Waals surface area contributed by atoms with Gasteiger partial charge in [0.2, 0.25) is 5.91 Å². The summed E-state index contributed by atoms with van der Waals surface area (Å²) in [6.07, 6.45) is 5.81. The third-order valence-corrected chi connectivity index (χ3v) is 4.23. The average Bonchev–Trinajstić information content (AvgIpc) is 3.27. The Morgan fingerprint density at radius 2 is 2.27 bits per heavy atom. The van der Waals surface area contributed by atoms with Gasteiger partial charge in [-0.2, -0.15) is 0 Å². The second kappa shape index (κ2) is 6.53. The maximum atomic E-state index is 12.2. The van der Waals surface area contributed by atoms with Gasteiger partial charge < -0.3 is 9.47 Å². The van der Waals surface area contributed by atoms with Gasteiger partial charge in [0.25, 0.3) is 0 Å². The fraction of sp³-hybridized carbons (Fsp3) is 0.412. The molecule has 3 rings (SSSR count). The van der Waals surface area contributed by atoms with Gasteiger partial charge in [-0.1, -0.05) is 23.7 Å². The molecule has 0 radical (unpaired) electrons. The van der Waals surface area contributed by atoms with Crippen LogP contribution in [0.1, 0.15) is 31.2 Å². The second-order valence-corrected chi connectivity index (χ2v) is 6.16. The third kappa shape index (κ3) is 3.50. The van der Waals surface area contributed by atoms with Crippen LogP contribution in [0, 0.1) is 5.92 Å². The van der Waals surface area contributed by atoms with Crippen molar-refractivity contribution >= 4 is 17.5 Å². The standard InChI is InChI=1S/C17H20ClN3O/c1-2-20(17(22)14-6-7-14)12-16-19-8-9-21(16)11-13-4-3-5-15(18)10-13/h3-5,8-10,14H,2,6-7,11-12H2,1H3. The monoisotopic (exact) mass is 317 g/mol. The van der Waals surface area contributed by atoms with Crippen molar-refractivity contribution in [3.8, 4) is 0 Å². The molecule has 22 heavy (non-hydrogen) atoms. The molecule has 1 fully saturated rings. The Balaban J connectivity index is 1.72. The molecule has 0 aliphatic heterocycles. The molecule has 0 unspecified atom stereocenters. The van der Waals surface area contributed by atoms with Gasteiger partial charge in [-0.25, -0.2) is 4.98 Å². The highest BCUT2D eigenvalue weighted by molar-refractivity contribution is 6.30. The molecule has 0 spiro atoms. The molecule has 1 aromatic carbocycles. The largest absolute Gasteiger partial charge is 0.335 e. The molecule has 1 saturated carbocycles. The zero-order valence-electron chi connectivity index (χ0n) is 12.7. The van der Waals surface area contributed by atoms with Gasteiger partial charge in [-0.15, -0.1) is 0 Å². The van der Waals surface area contributed by atoms with Crippen molar-refractivity contribution in [3.63, 3.8) is 0 Å². The number of halogens is 1. The Kier molecular flexibility index (Phi) is 4.48. The summed E-state index contributed by atoms with van der Waals surface area (Å²) in [5.41, 5.74) is 1.13. The summed E-state index contributed by atoms with van der Waals surface area (Å²) in [6.45, 7) is 4.02. The van der Waals surface area contributed by atoms with Gasteiger partial charge in [0.1, 0.15) is 5.82 Å². The summed E-state index contributed by atoms with van der Waals surface area (Å²) in [5, 5.41) is 0.735. The lowest BCUT2D eigenvalue weighted by atomic mass is 10.2. The van der Waals surface area contributed by atoms with E-state index in [2.05, 4.69) is 9.55 Å². The lowest BCUT2D eigenvalue weighted by molar-refractivity contribution is -0.133. The first-order chi connectivity index (χ1) is 10.7. The lowest BCUT2D eigenvalue weighted by Crippen LogP contribution is -2.32. The molecule has 0 saturated heterocycles. The minimum absolute atomic E-state index is 0.247. The number of hydrogen-bond donors (Lipinski definition) is 0. The summed E-state index contributed by atoms with van der Waals surface area (Å²) < 4.78 is 2.08. The number of nitrogens with zero attached hydrogens (tertiary/aromatic N) is 3. The maximum Gasteiger partial charge on any atom is 0.226 e. The number of imidazole rings is 1. The predicted octanol–water partition coefficient (Wildman–Crippen LogP) is 3.34. The van der Waals surface area contributed by atoms with Crippen LogP contribution in [-0.2, 0) is 17.9 Å². The molecule has 1 aliphatic carbocycles. The third-order valence-electron chi connectivity index (χ3n) is 4.00. The molecule has 1 aromatic heterocycles. The molecule has 4 nitrogen and oxygen atoms in total. The van der Waals surface area contributed by atoms with Crippen LogP contribution in [0.4, 0.5) is 0 Å². The average molecular weight is 318 g/mol. The topological polar surface area (TPSA) is 38.1 Å². The van der Waals surface area contributed by atoms with Crippen molar-refractivity contribution in [1.82, 2.24) is 14.5 Å². The Morgan fingerprint density at radius 1 is 1.45 bits per heavy atom. The van der Waals surface area contributed by atoms with Crippen molar-refractivity contribution in [2.24, 2.45) is 5.92 Å². The molecule has 2 aromatic rings. The van der Waals surface area contributed by atoms with E-state index in [0.717, 1.165) is 35.8 Å². The SMILES string of the molecule is CCN(Cc1nccn1Cc1cccc(Cl)c1)C(=O)C1CC1. The van der Waals surface area contributed by atoms with Crippen molar-refractivity contribution in [3.05, 3.63) is 53.1 Å². The quantitative estimate of drug-likeness (QED) is 0.819. The number of amides is 1. The smallest absolute Gasteiger partial charge is 0.226 e. The Hall–Kier alpha value is -1.81. The first-order valence-electron chi connectivity index (χ1n) is 7.70. The van der Waals surface area contributed by atoms with Crippen molar-refractivity contribution in [1.29, 1.82) is 0 Å². The first kappa shape index (κ1) is 15.1. The van der Waals surface area contributed by atoms with Gasteiger partial charge in [0, 0.05) is 36.4 Å². The summed E-state index contributed by atoms with van der Waals surface area (Å²) in [7, 11) is 0. The fourth-order valence-electron chi connectivity index (χ4n) is 2.57. The van der Waals surface area contributed by atoms with E-state index in [9.17, 15) is 4.79 Å². The van der Waals surface area contributed by atoms with Crippen molar-refractivity contribution < 1.29 is 4.79 Å². The van der Waals surface area contributed by atoms with Crippen LogP contribution >= 0.6 is 11.6 Å². The summed E-state index contributed by atoms with van der Waals surface area (Å²) in [4.78, 5) is 18.6. The number of rotatable bonds is 6. The van der Waals surface area contributed by atoms with Crippen LogP contribution in [-0.4, -0.2) is 26.9 Å². The normalized spacial score (nSPS) is 14.1. The van der Waals surface area contributed by atoms with Gasteiger partial charge >= 0.3 is 0 Å². The molecular formula is C17H20ClN3O. The van der Waals surface area contributed by atoms with Gasteiger partial charge in [-0.3, -0.25) is 4.79 Å². The molecular weight excluding hydrogens is 298 g/mol. The maximum absolute atomic E-state index is 12.2. The molecule has 1 amide bonds. The van der Waals surface area contributed by atoms with E-state index in [1.54, 1.807) is 6.20 Å². The van der Waals surface area contributed by atoms with E-state index in [0.29, 0.717) is 13.1 Å². The number of hydrogen-bond acceptors (Lipinski definition) is 2. The highest BCUT2D eigenvalue weighted by atomic mass is 35.5. The molecule has 0 bridgehead atoms. The second-order valence-electron chi connectivity index (χ2n) is 5.73. The van der Waals surface area contributed by atoms with Gasteiger partial charge in [0.05, 0.1) is 6.54 Å². The zero-order valence-corrected chi connectivity index (χ0v) is 13.5. The lowest BCUT2D eigenvalue weighted by Gasteiger charge is -2.21. The molecule has 5 heteroatoms. The minimum atomic E-state index is 0.247. The van der Waals surface area contributed by atoms with Crippen molar-refractivity contribution in [2.75, 3.05) is 6.54 Å². The zero-order chi connectivity index (χ0) is 15.5. The minimum Gasteiger partial charge on any atom is -0.335 e. The summed E-state index contributed by atoms with van der Waals surface area (Å²) in [5.74, 6) is 1.42. The Labute approximate surface area is 135 Å². The molecule has 1 heterocycles. The Morgan fingerprint density at radius 3 is 2.95 bits per heavy atom. The van der Waals surface area contributed by atoms with Gasteiger partial charge in [-0.05, 0) is 37.5 Å². The molecule has 1 aliphatic rings. The summed E-state index contributed by atoms with van der Waals surface area (Å²) >= 11 is 6.04. The molecule has 0 N–H and O–H groups in total. The fourth-order valence-corrected chi connectivity index (χ4v) is 2.79. The number of benzene rings is 1. The number of carbonyl (C=O) groups is 1. The van der Waals surface area contributed by atoms with E-state index in [-0.39, 0.29) is 11.8 Å². The number of aromatic nitrogens is 2. The van der Waals surface area contributed by atoms with Crippen molar-refractivity contribution in [2.45, 2.75) is 32.9 Å². The highest BCUT2D eigenvalue weighted by Gasteiger charge is 2.33. The van der Waals surface area contributed by atoms with Crippen LogP contribution in [0.15, 0.2) is 36.7 Å². The van der Waals surface area contributed by atoms with Crippen LogP contribution in [0.2, 0.25) is 5.02 Å². The predicted molar refractivity (Wildman–Crippen MR) is 86.6 cm³/mol. The van der Waals surface area contributed by atoms with Crippen LogP contribution in [0.25, 0.3) is 0 Å². The summed E-state index contributed by atoms with van der Waals surface area (Å²) in [6, 6.07) is 7.82. The van der Waals surface area contributed by atoms with Crippen LogP contribution in [0.5, 0.6) is 0 Å². The highest BCUT2D eigenvalue weighted by Crippen LogP contribution is 2.31. The van der Waals surface area contributed by atoms with E-state index >= 15 is 0 Å². The van der Waals surface area contributed by atoms with Crippen LogP contribution < -0.4 is 0 Å². The van der Waals surface area contributed by atoms with E-state index in [4.69, 9.17) is 11.6 Å². The van der Waals surface area contributed by atoms with E-state index in [1.807, 2.05) is 42.3 Å². The number of carbonyl (C=O) groups excluding carboxylic acids is 1. The van der Waals surface area contributed by atoms with Crippen LogP contribution in [0.3, 0.4) is 0 Å².